The number of pyridine rings is 1. The number of carboxylic acid groups (broad SMARTS) is 1. The summed E-state index contributed by atoms with van der Waals surface area (Å²) in [4.78, 5) is 23.3. The quantitative estimate of drug-likeness (QED) is 0.884. The van der Waals surface area contributed by atoms with Gasteiger partial charge in [-0.1, -0.05) is 13.8 Å². The molecule has 5 nitrogen and oxygen atoms in total. The van der Waals surface area contributed by atoms with Crippen LogP contribution in [0.5, 0.6) is 0 Å². The molecule has 112 valence electrons. The Kier molecular flexibility index (Phi) is 4.43. The molecule has 1 heterocycles. The summed E-state index contributed by atoms with van der Waals surface area (Å²) < 4.78 is 1.62. The van der Waals surface area contributed by atoms with Crippen LogP contribution in [0.25, 0.3) is 10.9 Å². The van der Waals surface area contributed by atoms with Crippen molar-refractivity contribution in [1.82, 2.24) is 4.57 Å². The lowest BCUT2D eigenvalue weighted by molar-refractivity contribution is 0.0697. The third-order valence-corrected chi connectivity index (χ3v) is 3.52. The summed E-state index contributed by atoms with van der Waals surface area (Å²) in [6.45, 7) is 4.36. The van der Waals surface area contributed by atoms with Crippen molar-refractivity contribution in [1.29, 1.82) is 0 Å². The van der Waals surface area contributed by atoms with Crippen molar-refractivity contribution >= 4 is 16.9 Å². The van der Waals surface area contributed by atoms with Crippen molar-refractivity contribution in [3.63, 3.8) is 0 Å². The molecular formula is C16H19NO4. The van der Waals surface area contributed by atoms with Crippen molar-refractivity contribution in [2.75, 3.05) is 6.61 Å². The Morgan fingerprint density at radius 2 is 2.00 bits per heavy atom. The van der Waals surface area contributed by atoms with E-state index in [0.29, 0.717) is 13.0 Å². The zero-order chi connectivity index (χ0) is 15.6. The van der Waals surface area contributed by atoms with E-state index in [9.17, 15) is 14.7 Å². The van der Waals surface area contributed by atoms with Crippen LogP contribution in [0.1, 0.15) is 42.1 Å². The first-order chi connectivity index (χ1) is 9.95. The maximum atomic E-state index is 12.1. The Morgan fingerprint density at radius 3 is 2.57 bits per heavy atom. The van der Waals surface area contributed by atoms with E-state index in [2.05, 4.69) is 0 Å². The minimum Gasteiger partial charge on any atom is -0.478 e. The van der Waals surface area contributed by atoms with Crippen molar-refractivity contribution < 1.29 is 15.0 Å². The van der Waals surface area contributed by atoms with Crippen molar-refractivity contribution in [2.24, 2.45) is 0 Å². The fourth-order valence-corrected chi connectivity index (χ4v) is 2.49. The smallest absolute Gasteiger partial charge is 0.335 e. The van der Waals surface area contributed by atoms with Gasteiger partial charge in [0.2, 0.25) is 0 Å². The number of aryl methyl sites for hydroxylation is 1. The van der Waals surface area contributed by atoms with Crippen LogP contribution in [-0.4, -0.2) is 27.4 Å². The fraction of sp³-hybridized carbons (Fsp3) is 0.375. The number of rotatable bonds is 5. The molecule has 0 bridgehead atoms. The van der Waals surface area contributed by atoms with Gasteiger partial charge in [0, 0.05) is 19.2 Å². The molecule has 21 heavy (non-hydrogen) atoms. The average Bonchev–Trinajstić information content (AvgIpc) is 2.44. The number of aromatic nitrogens is 1. The van der Waals surface area contributed by atoms with Crippen LogP contribution in [0, 0.1) is 0 Å². The van der Waals surface area contributed by atoms with Crippen molar-refractivity contribution in [3.8, 4) is 0 Å². The van der Waals surface area contributed by atoms with E-state index in [1.54, 1.807) is 22.8 Å². The molecule has 0 aliphatic heterocycles. The van der Waals surface area contributed by atoms with E-state index in [0.717, 1.165) is 16.5 Å². The molecule has 0 fully saturated rings. The zero-order valence-electron chi connectivity index (χ0n) is 12.2. The van der Waals surface area contributed by atoms with Crippen LogP contribution in [0.2, 0.25) is 0 Å². The molecule has 5 heteroatoms. The summed E-state index contributed by atoms with van der Waals surface area (Å²) in [5, 5.41) is 18.9. The predicted octanol–water partition coefficient (Wildman–Crippen LogP) is 2.21. The van der Waals surface area contributed by atoms with Crippen LogP contribution in [-0.2, 0) is 6.54 Å². The van der Waals surface area contributed by atoms with Gasteiger partial charge in [-0.3, -0.25) is 4.79 Å². The number of aliphatic hydroxyl groups excluding tert-OH is 1. The Bertz CT molecular complexity index is 731. The number of hydrogen-bond acceptors (Lipinski definition) is 3. The van der Waals surface area contributed by atoms with E-state index < -0.39 is 5.97 Å². The molecule has 0 aliphatic carbocycles. The molecule has 0 saturated heterocycles. The first-order valence-corrected chi connectivity index (χ1v) is 6.97. The minimum atomic E-state index is -0.980. The van der Waals surface area contributed by atoms with Gasteiger partial charge in [-0.2, -0.15) is 0 Å². The van der Waals surface area contributed by atoms with E-state index in [4.69, 9.17) is 5.11 Å². The number of aliphatic hydroxyl groups is 1. The molecule has 0 spiro atoms. The standard InChI is InChI=1S/C16H19NO4/c1-10(2)13-9-12(16(20)21)8-11-4-5-14(19)17(15(11)13)6-3-7-18/h4-5,8-10,18H,3,6-7H2,1-2H3,(H,20,21). The second kappa shape index (κ2) is 6.10. The van der Waals surface area contributed by atoms with Crippen molar-refractivity contribution in [2.45, 2.75) is 32.7 Å². The Balaban J connectivity index is 2.81. The van der Waals surface area contributed by atoms with Gasteiger partial charge in [0.05, 0.1) is 11.1 Å². The number of benzene rings is 1. The number of carboxylic acids is 1. The Hall–Kier alpha value is -2.14. The number of fused-ring (bicyclic) bond motifs is 1. The number of aromatic carboxylic acids is 1. The largest absolute Gasteiger partial charge is 0.478 e. The fourth-order valence-electron chi connectivity index (χ4n) is 2.49. The van der Waals surface area contributed by atoms with E-state index in [1.807, 2.05) is 13.8 Å². The lowest BCUT2D eigenvalue weighted by Crippen LogP contribution is -2.21. The highest BCUT2D eigenvalue weighted by Gasteiger charge is 2.15. The van der Waals surface area contributed by atoms with Crippen LogP contribution in [0.15, 0.2) is 29.1 Å². The number of nitrogens with zero attached hydrogens (tertiary/aromatic N) is 1. The molecule has 0 atom stereocenters. The van der Waals surface area contributed by atoms with Gasteiger partial charge < -0.3 is 14.8 Å². The van der Waals surface area contributed by atoms with Gasteiger partial charge in [-0.25, -0.2) is 4.79 Å². The normalized spacial score (nSPS) is 11.2. The van der Waals surface area contributed by atoms with E-state index in [1.165, 1.54) is 6.07 Å². The van der Waals surface area contributed by atoms with E-state index in [-0.39, 0.29) is 23.6 Å². The van der Waals surface area contributed by atoms with E-state index >= 15 is 0 Å². The second-order valence-electron chi connectivity index (χ2n) is 5.36. The lowest BCUT2D eigenvalue weighted by atomic mass is 9.96. The van der Waals surface area contributed by atoms with Gasteiger partial charge in [-0.15, -0.1) is 0 Å². The Morgan fingerprint density at radius 1 is 1.29 bits per heavy atom. The summed E-state index contributed by atoms with van der Waals surface area (Å²) in [5.41, 5.74) is 1.68. The van der Waals surface area contributed by atoms with Gasteiger partial charge in [0.15, 0.2) is 0 Å². The van der Waals surface area contributed by atoms with Crippen LogP contribution in [0.3, 0.4) is 0 Å². The molecule has 0 unspecified atom stereocenters. The first kappa shape index (κ1) is 15.3. The summed E-state index contributed by atoms with van der Waals surface area (Å²) in [6, 6.07) is 6.31. The third kappa shape index (κ3) is 2.97. The van der Waals surface area contributed by atoms with Crippen molar-refractivity contribution in [3.05, 3.63) is 45.7 Å². The lowest BCUT2D eigenvalue weighted by Gasteiger charge is -2.17. The zero-order valence-corrected chi connectivity index (χ0v) is 12.2. The van der Waals surface area contributed by atoms with Gasteiger partial charge in [0.1, 0.15) is 0 Å². The van der Waals surface area contributed by atoms with Crippen LogP contribution < -0.4 is 5.56 Å². The summed E-state index contributed by atoms with van der Waals surface area (Å²) in [5.74, 6) is -0.888. The highest BCUT2D eigenvalue weighted by molar-refractivity contribution is 5.95. The minimum absolute atomic E-state index is 0.00699. The molecule has 2 rings (SSSR count). The maximum absolute atomic E-state index is 12.1. The molecule has 1 aromatic carbocycles. The summed E-state index contributed by atoms with van der Waals surface area (Å²) in [6.07, 6.45) is 0.483. The molecule has 0 radical (unpaired) electrons. The highest BCUT2D eigenvalue weighted by Crippen LogP contribution is 2.26. The molecular weight excluding hydrogens is 270 g/mol. The molecule has 0 amide bonds. The molecule has 0 aliphatic rings. The second-order valence-corrected chi connectivity index (χ2v) is 5.36. The average molecular weight is 289 g/mol. The van der Waals surface area contributed by atoms with Crippen LogP contribution >= 0.6 is 0 Å². The summed E-state index contributed by atoms with van der Waals surface area (Å²) >= 11 is 0. The van der Waals surface area contributed by atoms with Gasteiger partial charge >= 0.3 is 5.97 Å². The SMILES string of the molecule is CC(C)c1cc(C(=O)O)cc2ccc(=O)n(CCCO)c12. The monoisotopic (exact) mass is 289 g/mol. The number of carbonyl (C=O) groups is 1. The highest BCUT2D eigenvalue weighted by atomic mass is 16.4. The first-order valence-electron chi connectivity index (χ1n) is 6.97. The molecule has 1 aromatic heterocycles. The molecule has 0 saturated carbocycles. The maximum Gasteiger partial charge on any atom is 0.335 e. The van der Waals surface area contributed by atoms with Gasteiger partial charge in [-0.05, 0) is 41.5 Å². The van der Waals surface area contributed by atoms with Gasteiger partial charge in [0.25, 0.3) is 5.56 Å². The Labute approximate surface area is 122 Å². The van der Waals surface area contributed by atoms with Crippen LogP contribution in [0.4, 0.5) is 0 Å². The topological polar surface area (TPSA) is 79.5 Å². The summed E-state index contributed by atoms with van der Waals surface area (Å²) in [7, 11) is 0. The number of hydrogen-bond donors (Lipinski definition) is 2. The molecule has 2 N–H and O–H groups in total. The molecule has 2 aromatic rings. The predicted molar refractivity (Wildman–Crippen MR) is 81.0 cm³/mol. The third-order valence-electron chi connectivity index (χ3n) is 3.52.